The van der Waals surface area contributed by atoms with Crippen molar-refractivity contribution in [3.8, 4) is 5.75 Å². The first-order valence-electron chi connectivity index (χ1n) is 7.16. The third kappa shape index (κ3) is 6.08. The van der Waals surface area contributed by atoms with Crippen molar-refractivity contribution in [3.63, 3.8) is 0 Å². The van der Waals surface area contributed by atoms with Crippen molar-refractivity contribution in [3.05, 3.63) is 29.8 Å². The zero-order chi connectivity index (χ0) is 14.1. The fourth-order valence-corrected chi connectivity index (χ4v) is 1.83. The molecule has 0 saturated heterocycles. The van der Waals surface area contributed by atoms with E-state index in [4.69, 9.17) is 9.47 Å². The Hall–Kier alpha value is -1.06. The first-order chi connectivity index (χ1) is 9.17. The highest BCUT2D eigenvalue weighted by molar-refractivity contribution is 5.30. The van der Waals surface area contributed by atoms with Gasteiger partial charge in [0.2, 0.25) is 0 Å². The van der Waals surface area contributed by atoms with Gasteiger partial charge in [0.1, 0.15) is 5.75 Å². The Kier molecular flexibility index (Phi) is 7.53. The molecule has 0 amide bonds. The van der Waals surface area contributed by atoms with Crippen LogP contribution in [0.15, 0.2) is 24.3 Å². The van der Waals surface area contributed by atoms with Crippen LogP contribution in [0.5, 0.6) is 5.75 Å². The van der Waals surface area contributed by atoms with Gasteiger partial charge >= 0.3 is 0 Å². The topological polar surface area (TPSA) is 30.5 Å². The number of hydrogen-bond donors (Lipinski definition) is 1. The van der Waals surface area contributed by atoms with Crippen LogP contribution in [0, 0.1) is 0 Å². The number of unbranched alkanes of at least 4 members (excludes halogenated alkanes) is 1. The van der Waals surface area contributed by atoms with Crippen LogP contribution in [0.4, 0.5) is 0 Å². The average molecular weight is 265 g/mol. The Morgan fingerprint density at radius 1 is 1.26 bits per heavy atom. The molecule has 19 heavy (non-hydrogen) atoms. The molecule has 1 aromatic carbocycles. The van der Waals surface area contributed by atoms with Gasteiger partial charge in [-0.05, 0) is 24.1 Å². The van der Waals surface area contributed by atoms with Gasteiger partial charge in [0.15, 0.2) is 0 Å². The van der Waals surface area contributed by atoms with E-state index in [9.17, 15) is 0 Å². The standard InChI is InChI=1S/C16H27NO2/c1-5-6-10-19-16(12-17-13(2)3)14-8-7-9-15(11-14)18-4/h7-9,11,13,16-17H,5-6,10,12H2,1-4H3. The van der Waals surface area contributed by atoms with Crippen molar-refractivity contribution in [2.24, 2.45) is 0 Å². The largest absolute Gasteiger partial charge is 0.497 e. The van der Waals surface area contributed by atoms with E-state index in [1.54, 1.807) is 7.11 Å². The van der Waals surface area contributed by atoms with Crippen molar-refractivity contribution < 1.29 is 9.47 Å². The van der Waals surface area contributed by atoms with Crippen LogP contribution in [-0.2, 0) is 4.74 Å². The minimum absolute atomic E-state index is 0.0871. The smallest absolute Gasteiger partial charge is 0.119 e. The van der Waals surface area contributed by atoms with Crippen LogP contribution in [0.1, 0.15) is 45.3 Å². The number of ether oxygens (including phenoxy) is 2. The molecule has 0 aromatic heterocycles. The lowest BCUT2D eigenvalue weighted by molar-refractivity contribution is 0.0492. The zero-order valence-corrected chi connectivity index (χ0v) is 12.6. The van der Waals surface area contributed by atoms with Crippen LogP contribution in [-0.4, -0.2) is 26.3 Å². The summed E-state index contributed by atoms with van der Waals surface area (Å²) >= 11 is 0. The van der Waals surface area contributed by atoms with E-state index in [1.165, 1.54) is 5.56 Å². The maximum atomic E-state index is 6.00. The minimum atomic E-state index is 0.0871. The van der Waals surface area contributed by atoms with Gasteiger partial charge in [-0.25, -0.2) is 0 Å². The molecule has 1 unspecified atom stereocenters. The van der Waals surface area contributed by atoms with Crippen LogP contribution in [0.25, 0.3) is 0 Å². The molecule has 0 saturated carbocycles. The second-order valence-electron chi connectivity index (χ2n) is 5.05. The molecule has 0 heterocycles. The molecule has 1 aromatic rings. The Balaban J connectivity index is 2.69. The number of methoxy groups -OCH3 is 1. The van der Waals surface area contributed by atoms with E-state index < -0.39 is 0 Å². The lowest BCUT2D eigenvalue weighted by Crippen LogP contribution is -2.29. The molecule has 1 N–H and O–H groups in total. The molecule has 0 fully saturated rings. The molecule has 0 spiro atoms. The SMILES string of the molecule is CCCCOC(CNC(C)C)c1cccc(OC)c1. The molecule has 0 aliphatic carbocycles. The fourth-order valence-electron chi connectivity index (χ4n) is 1.83. The first-order valence-corrected chi connectivity index (χ1v) is 7.16. The van der Waals surface area contributed by atoms with Crippen LogP contribution < -0.4 is 10.1 Å². The van der Waals surface area contributed by atoms with Gasteiger partial charge in [0.25, 0.3) is 0 Å². The average Bonchev–Trinajstić information content (AvgIpc) is 2.42. The van der Waals surface area contributed by atoms with Gasteiger partial charge in [-0.2, -0.15) is 0 Å². The van der Waals surface area contributed by atoms with Gasteiger partial charge in [0, 0.05) is 19.2 Å². The molecule has 1 atom stereocenters. The number of rotatable bonds is 9. The molecule has 1 rings (SSSR count). The number of hydrogen-bond acceptors (Lipinski definition) is 3. The quantitative estimate of drug-likeness (QED) is 0.693. The monoisotopic (exact) mass is 265 g/mol. The number of nitrogens with one attached hydrogen (secondary N) is 1. The molecular weight excluding hydrogens is 238 g/mol. The summed E-state index contributed by atoms with van der Waals surface area (Å²) in [6.45, 7) is 8.10. The lowest BCUT2D eigenvalue weighted by atomic mass is 10.1. The van der Waals surface area contributed by atoms with Crippen molar-refractivity contribution in [1.29, 1.82) is 0 Å². The molecule has 0 bridgehead atoms. The summed E-state index contributed by atoms with van der Waals surface area (Å²) < 4.78 is 11.3. The van der Waals surface area contributed by atoms with Crippen molar-refractivity contribution >= 4 is 0 Å². The van der Waals surface area contributed by atoms with Crippen LogP contribution in [0.2, 0.25) is 0 Å². The van der Waals surface area contributed by atoms with Gasteiger partial charge in [-0.15, -0.1) is 0 Å². The minimum Gasteiger partial charge on any atom is -0.497 e. The zero-order valence-electron chi connectivity index (χ0n) is 12.6. The van der Waals surface area contributed by atoms with Crippen LogP contribution >= 0.6 is 0 Å². The van der Waals surface area contributed by atoms with Gasteiger partial charge in [-0.1, -0.05) is 39.3 Å². The molecule has 0 radical (unpaired) electrons. The summed E-state index contributed by atoms with van der Waals surface area (Å²) in [4.78, 5) is 0. The van der Waals surface area contributed by atoms with E-state index in [1.807, 2.05) is 12.1 Å². The summed E-state index contributed by atoms with van der Waals surface area (Å²) in [5.41, 5.74) is 1.17. The van der Waals surface area contributed by atoms with E-state index >= 15 is 0 Å². The lowest BCUT2D eigenvalue weighted by Gasteiger charge is -2.21. The third-order valence-electron chi connectivity index (χ3n) is 2.99. The summed E-state index contributed by atoms with van der Waals surface area (Å²) in [5, 5.41) is 3.44. The predicted molar refractivity (Wildman–Crippen MR) is 79.7 cm³/mol. The molecular formula is C16H27NO2. The summed E-state index contributed by atoms with van der Waals surface area (Å²) in [6.07, 6.45) is 2.34. The Bertz CT molecular complexity index is 352. The van der Waals surface area contributed by atoms with Gasteiger partial charge < -0.3 is 14.8 Å². The molecule has 0 aliphatic heterocycles. The fraction of sp³-hybridized carbons (Fsp3) is 0.625. The Morgan fingerprint density at radius 2 is 2.05 bits per heavy atom. The van der Waals surface area contributed by atoms with E-state index in [0.29, 0.717) is 6.04 Å². The highest BCUT2D eigenvalue weighted by Crippen LogP contribution is 2.22. The molecule has 0 aliphatic rings. The maximum absolute atomic E-state index is 6.00. The summed E-state index contributed by atoms with van der Waals surface area (Å²) in [5.74, 6) is 0.881. The highest BCUT2D eigenvalue weighted by atomic mass is 16.5. The second-order valence-corrected chi connectivity index (χ2v) is 5.05. The summed E-state index contributed by atoms with van der Waals surface area (Å²) in [7, 11) is 1.69. The van der Waals surface area contributed by atoms with Gasteiger partial charge in [-0.3, -0.25) is 0 Å². The third-order valence-corrected chi connectivity index (χ3v) is 2.99. The van der Waals surface area contributed by atoms with Crippen molar-refractivity contribution in [1.82, 2.24) is 5.32 Å². The molecule has 108 valence electrons. The summed E-state index contributed by atoms with van der Waals surface area (Å²) in [6, 6.07) is 8.59. The van der Waals surface area contributed by atoms with Crippen LogP contribution in [0.3, 0.4) is 0 Å². The second kappa shape index (κ2) is 8.94. The van der Waals surface area contributed by atoms with Gasteiger partial charge in [0.05, 0.1) is 13.2 Å². The number of benzene rings is 1. The highest BCUT2D eigenvalue weighted by Gasteiger charge is 2.13. The van der Waals surface area contributed by atoms with Crippen molar-refractivity contribution in [2.75, 3.05) is 20.3 Å². The first kappa shape index (κ1) is 16.0. The van der Waals surface area contributed by atoms with E-state index in [0.717, 1.165) is 31.7 Å². The predicted octanol–water partition coefficient (Wildman–Crippen LogP) is 3.55. The molecule has 3 nitrogen and oxygen atoms in total. The van der Waals surface area contributed by atoms with Crippen molar-refractivity contribution in [2.45, 2.75) is 45.8 Å². The molecule has 3 heteroatoms. The van der Waals surface area contributed by atoms with E-state index in [-0.39, 0.29) is 6.10 Å². The Labute approximate surface area is 117 Å². The maximum Gasteiger partial charge on any atom is 0.119 e. The Morgan fingerprint density at radius 3 is 2.68 bits per heavy atom. The normalized spacial score (nSPS) is 12.7. The van der Waals surface area contributed by atoms with E-state index in [2.05, 4.69) is 38.2 Å².